The van der Waals surface area contributed by atoms with Crippen LogP contribution in [0.4, 0.5) is 11.4 Å². The molecule has 0 atom stereocenters. The summed E-state index contributed by atoms with van der Waals surface area (Å²) in [5.74, 6) is -0.184. The van der Waals surface area contributed by atoms with Crippen LogP contribution in [0.15, 0.2) is 60.9 Å². The van der Waals surface area contributed by atoms with Gasteiger partial charge in [0.1, 0.15) is 0 Å². The quantitative estimate of drug-likeness (QED) is 0.620. The van der Waals surface area contributed by atoms with Crippen LogP contribution in [0, 0.1) is 6.92 Å². The van der Waals surface area contributed by atoms with Gasteiger partial charge in [0, 0.05) is 18.4 Å². The van der Waals surface area contributed by atoms with Crippen molar-refractivity contribution < 1.29 is 4.79 Å². The monoisotopic (exact) mass is 385 g/mol. The van der Waals surface area contributed by atoms with Crippen LogP contribution in [0.1, 0.15) is 21.5 Å². The number of nitrogens with zero attached hydrogens (tertiary/aromatic N) is 1. The normalized spacial score (nSPS) is 10.4. The van der Waals surface area contributed by atoms with Crippen LogP contribution in [-0.4, -0.2) is 10.9 Å². The average molecular weight is 386 g/mol. The van der Waals surface area contributed by atoms with E-state index in [0.29, 0.717) is 27.8 Å². The number of carbonyl (C=O) groups is 1. The number of benzene rings is 2. The first-order valence-electron chi connectivity index (χ1n) is 8.02. The third-order valence-corrected chi connectivity index (χ3v) is 4.48. The Morgan fingerprint density at radius 1 is 1.00 bits per heavy atom. The van der Waals surface area contributed by atoms with Gasteiger partial charge in [-0.25, -0.2) is 0 Å². The minimum atomic E-state index is -0.184. The highest BCUT2D eigenvalue weighted by Crippen LogP contribution is 2.27. The minimum Gasteiger partial charge on any atom is -0.354 e. The van der Waals surface area contributed by atoms with E-state index in [9.17, 15) is 4.79 Å². The molecule has 0 radical (unpaired) electrons. The van der Waals surface area contributed by atoms with Crippen LogP contribution >= 0.6 is 23.2 Å². The van der Waals surface area contributed by atoms with Crippen molar-refractivity contribution in [3.8, 4) is 0 Å². The first kappa shape index (κ1) is 18.2. The Morgan fingerprint density at radius 3 is 2.62 bits per heavy atom. The Bertz CT molecular complexity index is 944. The summed E-state index contributed by atoms with van der Waals surface area (Å²) >= 11 is 11.9. The standard InChI is InChI=1S/C20H17Cl2N3O/c1-13-3-2-4-14(7-13)10-24-20(26)15-8-17(12-23-11-15)25-16-5-6-18(21)19(22)9-16/h2-9,11-12,25H,10H2,1H3,(H,24,26). The zero-order valence-corrected chi connectivity index (χ0v) is 15.6. The van der Waals surface area contributed by atoms with Crippen molar-refractivity contribution in [2.75, 3.05) is 5.32 Å². The highest BCUT2D eigenvalue weighted by molar-refractivity contribution is 6.42. The molecule has 0 fully saturated rings. The SMILES string of the molecule is Cc1cccc(CNC(=O)c2cncc(Nc3ccc(Cl)c(Cl)c3)c2)c1. The number of rotatable bonds is 5. The van der Waals surface area contributed by atoms with Gasteiger partial charge >= 0.3 is 0 Å². The van der Waals surface area contributed by atoms with E-state index in [1.165, 1.54) is 6.20 Å². The molecule has 0 saturated carbocycles. The van der Waals surface area contributed by atoms with Gasteiger partial charge in [0.2, 0.25) is 0 Å². The largest absolute Gasteiger partial charge is 0.354 e. The van der Waals surface area contributed by atoms with Gasteiger partial charge < -0.3 is 10.6 Å². The fourth-order valence-electron chi connectivity index (χ4n) is 2.48. The Labute approximate surface area is 162 Å². The van der Waals surface area contributed by atoms with E-state index in [1.54, 1.807) is 30.5 Å². The number of hydrogen-bond acceptors (Lipinski definition) is 3. The number of halogens is 2. The van der Waals surface area contributed by atoms with E-state index in [-0.39, 0.29) is 5.91 Å². The topological polar surface area (TPSA) is 54.0 Å². The van der Waals surface area contributed by atoms with E-state index >= 15 is 0 Å². The molecule has 0 spiro atoms. The molecule has 0 unspecified atom stereocenters. The van der Waals surface area contributed by atoms with Crippen molar-refractivity contribution in [3.05, 3.63) is 87.7 Å². The van der Waals surface area contributed by atoms with Crippen LogP contribution in [0.5, 0.6) is 0 Å². The maximum Gasteiger partial charge on any atom is 0.253 e. The van der Waals surface area contributed by atoms with Crippen molar-refractivity contribution in [1.29, 1.82) is 0 Å². The summed E-state index contributed by atoms with van der Waals surface area (Å²) in [6, 6.07) is 15.0. The summed E-state index contributed by atoms with van der Waals surface area (Å²) < 4.78 is 0. The summed E-state index contributed by atoms with van der Waals surface area (Å²) in [7, 11) is 0. The van der Waals surface area contributed by atoms with Crippen molar-refractivity contribution in [2.24, 2.45) is 0 Å². The van der Waals surface area contributed by atoms with Gasteiger partial charge in [-0.1, -0.05) is 53.0 Å². The molecule has 1 amide bonds. The summed E-state index contributed by atoms with van der Waals surface area (Å²) in [5, 5.41) is 7.01. The molecule has 2 aromatic carbocycles. The van der Waals surface area contributed by atoms with Gasteiger partial charge in [0.15, 0.2) is 0 Å². The van der Waals surface area contributed by atoms with Gasteiger partial charge in [-0.15, -0.1) is 0 Å². The van der Waals surface area contributed by atoms with E-state index in [4.69, 9.17) is 23.2 Å². The lowest BCUT2D eigenvalue weighted by Crippen LogP contribution is -2.23. The molecule has 3 rings (SSSR count). The molecule has 26 heavy (non-hydrogen) atoms. The fraction of sp³-hybridized carbons (Fsp3) is 0.100. The summed E-state index contributed by atoms with van der Waals surface area (Å²) in [4.78, 5) is 16.5. The van der Waals surface area contributed by atoms with Crippen molar-refractivity contribution in [1.82, 2.24) is 10.3 Å². The molecular weight excluding hydrogens is 369 g/mol. The molecule has 1 aromatic heterocycles. The van der Waals surface area contributed by atoms with Crippen molar-refractivity contribution in [2.45, 2.75) is 13.5 Å². The minimum absolute atomic E-state index is 0.184. The predicted molar refractivity (Wildman–Crippen MR) is 106 cm³/mol. The van der Waals surface area contributed by atoms with Crippen LogP contribution in [0.2, 0.25) is 10.0 Å². The summed E-state index contributed by atoms with van der Waals surface area (Å²) in [6.07, 6.45) is 3.17. The second-order valence-corrected chi connectivity index (χ2v) is 6.70. The lowest BCUT2D eigenvalue weighted by atomic mass is 10.1. The van der Waals surface area contributed by atoms with Crippen LogP contribution in [0.3, 0.4) is 0 Å². The zero-order valence-electron chi connectivity index (χ0n) is 14.1. The molecule has 132 valence electrons. The molecule has 1 heterocycles. The maximum atomic E-state index is 12.4. The zero-order chi connectivity index (χ0) is 18.5. The van der Waals surface area contributed by atoms with Crippen LogP contribution in [0.25, 0.3) is 0 Å². The Hall–Kier alpha value is -2.56. The second kappa shape index (κ2) is 8.21. The molecule has 4 nitrogen and oxygen atoms in total. The summed E-state index contributed by atoms with van der Waals surface area (Å²) in [6.45, 7) is 2.48. The van der Waals surface area contributed by atoms with E-state index in [0.717, 1.165) is 16.8 Å². The molecule has 0 aliphatic rings. The van der Waals surface area contributed by atoms with E-state index < -0.39 is 0 Å². The second-order valence-electron chi connectivity index (χ2n) is 5.89. The van der Waals surface area contributed by atoms with E-state index in [1.807, 2.05) is 31.2 Å². The van der Waals surface area contributed by atoms with Crippen LogP contribution in [-0.2, 0) is 6.54 Å². The molecule has 2 N–H and O–H groups in total. The van der Waals surface area contributed by atoms with E-state index in [2.05, 4.69) is 15.6 Å². The average Bonchev–Trinajstić information content (AvgIpc) is 2.63. The number of carbonyl (C=O) groups excluding carboxylic acids is 1. The molecule has 6 heteroatoms. The van der Waals surface area contributed by atoms with Crippen molar-refractivity contribution in [3.63, 3.8) is 0 Å². The fourth-order valence-corrected chi connectivity index (χ4v) is 2.78. The van der Waals surface area contributed by atoms with Gasteiger partial charge in [-0.2, -0.15) is 0 Å². The number of anilines is 2. The molecule has 3 aromatic rings. The Morgan fingerprint density at radius 2 is 1.85 bits per heavy atom. The molecule has 0 saturated heterocycles. The number of nitrogens with one attached hydrogen (secondary N) is 2. The highest BCUT2D eigenvalue weighted by atomic mass is 35.5. The lowest BCUT2D eigenvalue weighted by Gasteiger charge is -2.10. The Kier molecular flexibility index (Phi) is 5.76. The third kappa shape index (κ3) is 4.75. The first-order chi connectivity index (χ1) is 12.5. The summed E-state index contributed by atoms with van der Waals surface area (Å²) in [5.41, 5.74) is 4.13. The molecule has 0 bridgehead atoms. The number of aryl methyl sites for hydroxylation is 1. The molecule has 0 aliphatic heterocycles. The predicted octanol–water partition coefficient (Wildman–Crippen LogP) is 5.37. The maximum absolute atomic E-state index is 12.4. The Balaban J connectivity index is 1.67. The van der Waals surface area contributed by atoms with Crippen LogP contribution < -0.4 is 10.6 Å². The van der Waals surface area contributed by atoms with Gasteiger partial charge in [-0.3, -0.25) is 9.78 Å². The number of hydrogen-bond donors (Lipinski definition) is 2. The first-order valence-corrected chi connectivity index (χ1v) is 8.78. The molecular formula is C20H17Cl2N3O. The highest BCUT2D eigenvalue weighted by Gasteiger charge is 2.08. The smallest absolute Gasteiger partial charge is 0.253 e. The molecule has 0 aliphatic carbocycles. The van der Waals surface area contributed by atoms with Gasteiger partial charge in [0.25, 0.3) is 5.91 Å². The number of pyridine rings is 1. The van der Waals surface area contributed by atoms with Crippen molar-refractivity contribution >= 4 is 40.5 Å². The number of amides is 1. The third-order valence-electron chi connectivity index (χ3n) is 3.74. The lowest BCUT2D eigenvalue weighted by molar-refractivity contribution is 0.0950. The van der Waals surface area contributed by atoms with Gasteiger partial charge in [0.05, 0.1) is 27.5 Å². The van der Waals surface area contributed by atoms with Gasteiger partial charge in [-0.05, 0) is 36.8 Å². The number of aromatic nitrogens is 1.